The Balaban J connectivity index is 4.33. The van der Waals surface area contributed by atoms with Gasteiger partial charge in [0.05, 0.1) is 5.56 Å². The standard InChI is InChI=1S/C31H10F37N3O5/c1-7-11(13(75)71-6-76-8(2)74)9(3-10(69-4-72)12(7)70-5-73)14(32,33)15(34,35)16(36,37)17(38,39)18(40,41)19(42,43)20(44,45)21(46,47)22(48,49)23(50,51)24(52,53)25(54,55)26(56,57)27(58,59)28(60,61)29(62,63)30(64,65)31(66,67)68/h3H,6H2,1-2H3,(H,71,75). The van der Waals surface area contributed by atoms with Gasteiger partial charge in [0, 0.05) is 12.5 Å². The van der Waals surface area contributed by atoms with Gasteiger partial charge in [-0.25, -0.2) is 9.59 Å². The molecule has 1 amide bonds. The molecule has 45 heteroatoms. The number of ether oxygens (including phenoxy) is 1. The van der Waals surface area contributed by atoms with E-state index in [4.69, 9.17) is 0 Å². The minimum Gasteiger partial charge on any atom is -0.445 e. The molecule has 0 aromatic heterocycles. The molecule has 0 saturated heterocycles. The van der Waals surface area contributed by atoms with Crippen molar-refractivity contribution in [1.29, 1.82) is 0 Å². The van der Waals surface area contributed by atoms with Crippen LogP contribution in [0.15, 0.2) is 16.1 Å². The number of esters is 1. The lowest BCUT2D eigenvalue weighted by atomic mass is 9.81. The second kappa shape index (κ2) is 18.8. The molecule has 8 nitrogen and oxygen atoms in total. The Morgan fingerprint density at radius 2 is 0.684 bits per heavy atom. The van der Waals surface area contributed by atoms with Gasteiger partial charge in [0.2, 0.25) is 12.2 Å². The largest absolute Gasteiger partial charge is 0.460 e. The minimum absolute atomic E-state index is 0.00535. The van der Waals surface area contributed by atoms with Gasteiger partial charge in [0.25, 0.3) is 5.91 Å². The molecule has 438 valence electrons. The van der Waals surface area contributed by atoms with Crippen LogP contribution in [0.1, 0.15) is 28.4 Å². The van der Waals surface area contributed by atoms with Gasteiger partial charge in [-0.05, 0) is 18.6 Å². The third-order valence-corrected chi connectivity index (χ3v) is 9.59. The Labute approximate surface area is 388 Å². The van der Waals surface area contributed by atoms with E-state index in [1.165, 1.54) is 0 Å². The van der Waals surface area contributed by atoms with E-state index in [0.29, 0.717) is 13.0 Å². The fraction of sp³-hybridized carbons (Fsp3) is 0.677. The Hall–Kier alpha value is -5.67. The van der Waals surface area contributed by atoms with Gasteiger partial charge >= 0.3 is 113 Å². The Bertz CT molecular complexity index is 2500. The molecule has 1 aromatic carbocycles. The van der Waals surface area contributed by atoms with Crippen LogP contribution in [-0.4, -0.2) is 132 Å². The molecule has 1 N–H and O–H groups in total. The van der Waals surface area contributed by atoms with Crippen LogP contribution in [0.2, 0.25) is 0 Å². The van der Waals surface area contributed by atoms with Crippen molar-refractivity contribution in [2.45, 2.75) is 121 Å². The average molecular weight is 1210 g/mol. The molecule has 0 unspecified atom stereocenters. The van der Waals surface area contributed by atoms with Gasteiger partial charge in [-0.1, -0.05) is 0 Å². The van der Waals surface area contributed by atoms with Crippen LogP contribution in [0, 0.1) is 6.92 Å². The van der Waals surface area contributed by atoms with Crippen LogP contribution in [0.25, 0.3) is 0 Å². The molecule has 0 radical (unpaired) electrons. The molecule has 0 aliphatic rings. The molecule has 76 heavy (non-hydrogen) atoms. The van der Waals surface area contributed by atoms with E-state index in [1.54, 1.807) is 0 Å². The van der Waals surface area contributed by atoms with Crippen LogP contribution < -0.4 is 5.32 Å². The molecular formula is C31H10F37N3O5. The van der Waals surface area contributed by atoms with E-state index in [1.807, 2.05) is 0 Å². The third-order valence-electron chi connectivity index (χ3n) is 9.59. The molecule has 0 bridgehead atoms. The van der Waals surface area contributed by atoms with E-state index >= 15 is 17.6 Å². The zero-order valence-electron chi connectivity index (χ0n) is 34.2. The van der Waals surface area contributed by atoms with Crippen molar-refractivity contribution >= 4 is 35.4 Å². The summed E-state index contributed by atoms with van der Waals surface area (Å²) in [6, 6.07) is -1.18. The van der Waals surface area contributed by atoms with Crippen LogP contribution in [0.5, 0.6) is 0 Å². The number of isocyanates is 2. The number of nitrogens with zero attached hydrogens (tertiary/aromatic N) is 2. The topological polar surface area (TPSA) is 114 Å². The normalized spacial score (nSPS) is 15.5. The number of aliphatic imine (C=N–C) groups is 2. The number of nitrogens with one attached hydrogen (secondary N) is 1. The van der Waals surface area contributed by atoms with Crippen LogP contribution in [0.3, 0.4) is 0 Å². The fourth-order valence-electron chi connectivity index (χ4n) is 5.25. The summed E-state index contributed by atoms with van der Waals surface area (Å²) in [7, 11) is 0. The number of carbonyl (C=O) groups excluding carboxylic acids is 4. The van der Waals surface area contributed by atoms with E-state index in [2.05, 4.69) is 14.7 Å². The number of alkyl halides is 37. The highest BCUT2D eigenvalue weighted by Crippen LogP contribution is 2.71. The van der Waals surface area contributed by atoms with Crippen molar-refractivity contribution in [3.63, 3.8) is 0 Å². The number of carbonyl (C=O) groups is 2. The first kappa shape index (κ1) is 68.3. The summed E-state index contributed by atoms with van der Waals surface area (Å²) in [5.41, 5.74) is -11.6. The van der Waals surface area contributed by atoms with Crippen molar-refractivity contribution < 1.29 is 186 Å². The Morgan fingerprint density at radius 3 is 0.921 bits per heavy atom. The van der Waals surface area contributed by atoms with Crippen molar-refractivity contribution in [2.75, 3.05) is 6.73 Å². The van der Waals surface area contributed by atoms with Gasteiger partial charge < -0.3 is 10.1 Å². The molecule has 0 atom stereocenters. The Morgan fingerprint density at radius 1 is 0.434 bits per heavy atom. The van der Waals surface area contributed by atoms with Crippen LogP contribution in [0.4, 0.5) is 174 Å². The predicted molar refractivity (Wildman–Crippen MR) is 160 cm³/mol. The smallest absolute Gasteiger partial charge is 0.445 e. The first-order valence-corrected chi connectivity index (χ1v) is 17.1. The number of halogens is 37. The summed E-state index contributed by atoms with van der Waals surface area (Å²) in [5, 5.41) is 1.07. The van der Waals surface area contributed by atoms with Gasteiger partial charge in [0.1, 0.15) is 11.4 Å². The second-order valence-corrected chi connectivity index (χ2v) is 14.2. The summed E-state index contributed by atoms with van der Waals surface area (Å²) in [6.45, 7) is -1.27. The first-order valence-electron chi connectivity index (χ1n) is 17.1. The third kappa shape index (κ3) is 8.64. The lowest BCUT2D eigenvalue weighted by molar-refractivity contribution is -0.493. The molecule has 0 saturated carbocycles. The van der Waals surface area contributed by atoms with Crippen molar-refractivity contribution in [1.82, 2.24) is 5.32 Å². The number of hydrogen-bond acceptors (Lipinski definition) is 7. The summed E-state index contributed by atoms with van der Waals surface area (Å²) < 4.78 is 527. The quantitative estimate of drug-likeness (QED) is 0.0408. The fourth-order valence-corrected chi connectivity index (χ4v) is 5.25. The summed E-state index contributed by atoms with van der Waals surface area (Å²) in [4.78, 5) is 50.1. The number of hydrogen-bond donors (Lipinski definition) is 1. The van der Waals surface area contributed by atoms with Crippen molar-refractivity contribution in [2.24, 2.45) is 9.98 Å². The summed E-state index contributed by atoms with van der Waals surface area (Å²) in [6.07, 6.45) is -7.81. The zero-order valence-corrected chi connectivity index (χ0v) is 34.2. The molecule has 0 heterocycles. The maximum absolute atomic E-state index is 15.6. The van der Waals surface area contributed by atoms with Gasteiger partial charge in [0.15, 0.2) is 6.73 Å². The number of amides is 1. The molecule has 0 aliphatic carbocycles. The molecule has 0 aliphatic heterocycles. The number of rotatable bonds is 22. The van der Waals surface area contributed by atoms with E-state index in [9.17, 15) is 164 Å². The van der Waals surface area contributed by atoms with Gasteiger partial charge in [-0.3, -0.25) is 9.59 Å². The van der Waals surface area contributed by atoms with Gasteiger partial charge in [-0.2, -0.15) is 172 Å². The zero-order chi connectivity index (χ0) is 61.7. The monoisotopic (exact) mass is 1210 g/mol. The highest BCUT2D eigenvalue weighted by molar-refractivity contribution is 6.00. The van der Waals surface area contributed by atoms with E-state index in [-0.39, 0.29) is 13.0 Å². The predicted octanol–water partition coefficient (Wildman–Crippen LogP) is 13.0. The maximum atomic E-state index is 15.6. The molecule has 0 fully saturated rings. The molecule has 0 spiro atoms. The second-order valence-electron chi connectivity index (χ2n) is 14.2. The first-order chi connectivity index (χ1) is 32.9. The van der Waals surface area contributed by atoms with Crippen LogP contribution >= 0.6 is 0 Å². The molecule has 1 aromatic rings. The van der Waals surface area contributed by atoms with Gasteiger partial charge in [-0.15, -0.1) is 0 Å². The minimum atomic E-state index is -10.6. The lowest BCUT2D eigenvalue weighted by Crippen LogP contribution is -2.80. The Kier molecular flexibility index (Phi) is 16.9. The maximum Gasteiger partial charge on any atom is 0.460 e. The van der Waals surface area contributed by atoms with E-state index in [0.717, 1.165) is 5.32 Å². The summed E-state index contributed by atoms with van der Waals surface area (Å²) in [5.74, 6) is -173. The molecule has 1 rings (SSSR count). The SMILES string of the molecule is CC(=O)OCNC(=O)c1c(C(F)(F)C(F)(F)C(F)(F)C(F)(F)C(F)(F)C(F)(F)C(F)(F)C(F)(F)C(F)(F)C(F)(F)C(F)(F)C(F)(F)C(F)(F)C(F)(F)C(F)(F)C(F)(F)C(F)(F)C(F)(F)F)cc(N=C=O)c(N=C=O)c1C. The van der Waals surface area contributed by atoms with Crippen molar-refractivity contribution in [3.05, 3.63) is 22.8 Å². The average Bonchev–Trinajstić information content (AvgIpc) is 3.22. The van der Waals surface area contributed by atoms with E-state index < -0.39 is 160 Å². The van der Waals surface area contributed by atoms with Crippen LogP contribution in [-0.2, 0) is 25.0 Å². The molecular weight excluding hydrogens is 1200 g/mol. The lowest BCUT2D eigenvalue weighted by Gasteiger charge is -2.47. The van der Waals surface area contributed by atoms with Crippen molar-refractivity contribution in [3.8, 4) is 0 Å². The summed E-state index contributed by atoms with van der Waals surface area (Å²) >= 11 is 0. The highest BCUT2D eigenvalue weighted by Gasteiger charge is 3.02. The number of benzene rings is 1. The highest BCUT2D eigenvalue weighted by atomic mass is 19.4.